The van der Waals surface area contributed by atoms with E-state index in [0.717, 1.165) is 6.42 Å². The van der Waals surface area contributed by atoms with Crippen LogP contribution in [-0.2, 0) is 10.8 Å². The molecule has 1 nitrogen and oxygen atoms in total. The smallest absolute Gasteiger partial charge is 0.116 e. The van der Waals surface area contributed by atoms with Gasteiger partial charge in [0.1, 0.15) is 5.75 Å². The average Bonchev–Trinajstić information content (AvgIpc) is 2.15. The first-order chi connectivity index (χ1) is 6.74. The van der Waals surface area contributed by atoms with Crippen LogP contribution in [0.4, 0.5) is 0 Å². The van der Waals surface area contributed by atoms with Gasteiger partial charge >= 0.3 is 0 Å². The Bertz CT molecular complexity index is 414. The number of benzene rings is 1. The highest BCUT2D eigenvalue weighted by Crippen LogP contribution is 2.51. The summed E-state index contributed by atoms with van der Waals surface area (Å²) in [4.78, 5) is 0. The van der Waals surface area contributed by atoms with Crippen LogP contribution in [0.25, 0.3) is 0 Å². The van der Waals surface area contributed by atoms with Crippen LogP contribution in [0.2, 0.25) is 0 Å². The number of hydrogen-bond acceptors (Lipinski definition) is 1. The van der Waals surface area contributed by atoms with Crippen LogP contribution in [0, 0.1) is 6.92 Å². The fourth-order valence-corrected chi connectivity index (χ4v) is 3.49. The molecular weight excluding hydrogens is 184 g/mol. The van der Waals surface area contributed by atoms with Crippen molar-refractivity contribution < 1.29 is 5.11 Å². The zero-order chi connectivity index (χ0) is 11.4. The van der Waals surface area contributed by atoms with Crippen LogP contribution < -0.4 is 0 Å². The Kier molecular flexibility index (Phi) is 1.95. The minimum absolute atomic E-state index is 0.183. The molecule has 0 unspecified atom stereocenters. The van der Waals surface area contributed by atoms with E-state index in [0.29, 0.717) is 5.75 Å². The molecule has 0 heterocycles. The molecule has 0 radical (unpaired) electrons. The van der Waals surface area contributed by atoms with E-state index in [-0.39, 0.29) is 10.8 Å². The fourth-order valence-electron chi connectivity index (χ4n) is 3.49. The molecule has 0 amide bonds. The third-order valence-electron chi connectivity index (χ3n) is 3.61. The van der Waals surface area contributed by atoms with E-state index in [1.807, 2.05) is 12.1 Å². The van der Waals surface area contributed by atoms with Gasteiger partial charge in [0.15, 0.2) is 0 Å². The molecule has 0 aliphatic heterocycles. The van der Waals surface area contributed by atoms with Crippen molar-refractivity contribution in [2.45, 2.75) is 51.9 Å². The van der Waals surface area contributed by atoms with Crippen molar-refractivity contribution in [3.8, 4) is 5.75 Å². The van der Waals surface area contributed by atoms with Crippen LogP contribution in [0.15, 0.2) is 12.1 Å². The summed E-state index contributed by atoms with van der Waals surface area (Å²) in [6.07, 6.45) is 1.15. The van der Waals surface area contributed by atoms with Crippen LogP contribution in [0.5, 0.6) is 5.75 Å². The molecule has 0 fully saturated rings. The SMILES string of the molecule is Cc1cc(O)cc2c1C(C)(C)CC2(C)C. The average molecular weight is 204 g/mol. The first kappa shape index (κ1) is 10.5. The van der Waals surface area contributed by atoms with E-state index in [9.17, 15) is 5.11 Å². The summed E-state index contributed by atoms with van der Waals surface area (Å²) in [5.41, 5.74) is 4.40. The van der Waals surface area contributed by atoms with Crippen molar-refractivity contribution in [2.75, 3.05) is 0 Å². The van der Waals surface area contributed by atoms with Crippen molar-refractivity contribution in [3.05, 3.63) is 28.8 Å². The van der Waals surface area contributed by atoms with Gasteiger partial charge in [0, 0.05) is 0 Å². The molecule has 15 heavy (non-hydrogen) atoms. The molecule has 0 atom stereocenters. The second-order valence-electron chi connectivity index (χ2n) is 6.13. The predicted molar refractivity (Wildman–Crippen MR) is 63.5 cm³/mol. The van der Waals surface area contributed by atoms with Crippen LogP contribution in [-0.4, -0.2) is 5.11 Å². The predicted octanol–water partition coefficient (Wildman–Crippen LogP) is 3.66. The van der Waals surface area contributed by atoms with Crippen molar-refractivity contribution >= 4 is 0 Å². The van der Waals surface area contributed by atoms with Gasteiger partial charge in [-0.25, -0.2) is 0 Å². The van der Waals surface area contributed by atoms with Gasteiger partial charge in [-0.15, -0.1) is 0 Å². The van der Waals surface area contributed by atoms with Gasteiger partial charge in [-0.2, -0.15) is 0 Å². The normalized spacial score (nSPS) is 21.4. The standard InChI is InChI=1S/C14H20O/c1-9-6-10(15)7-11-12(9)14(4,5)8-13(11,2)3/h6-7,15H,8H2,1-5H3. The summed E-state index contributed by atoms with van der Waals surface area (Å²) < 4.78 is 0. The maximum Gasteiger partial charge on any atom is 0.116 e. The lowest BCUT2D eigenvalue weighted by Crippen LogP contribution is -2.18. The van der Waals surface area contributed by atoms with E-state index in [4.69, 9.17) is 0 Å². The molecule has 1 N–H and O–H groups in total. The molecule has 0 saturated carbocycles. The number of phenolic OH excluding ortho intramolecular Hbond substituents is 1. The van der Waals surface area contributed by atoms with Gasteiger partial charge in [0.05, 0.1) is 0 Å². The maximum absolute atomic E-state index is 9.68. The number of fused-ring (bicyclic) bond motifs is 1. The van der Waals surface area contributed by atoms with Crippen LogP contribution >= 0.6 is 0 Å². The Morgan fingerprint density at radius 2 is 1.67 bits per heavy atom. The van der Waals surface area contributed by atoms with Crippen LogP contribution in [0.3, 0.4) is 0 Å². The van der Waals surface area contributed by atoms with Crippen LogP contribution in [0.1, 0.15) is 50.8 Å². The van der Waals surface area contributed by atoms with E-state index in [1.54, 1.807) is 0 Å². The van der Waals surface area contributed by atoms with Gasteiger partial charge in [0.25, 0.3) is 0 Å². The summed E-state index contributed by atoms with van der Waals surface area (Å²) in [5.74, 6) is 0.400. The quantitative estimate of drug-likeness (QED) is 0.683. The first-order valence-corrected chi connectivity index (χ1v) is 5.59. The Morgan fingerprint density at radius 1 is 1.07 bits per heavy atom. The molecule has 2 rings (SSSR count). The molecule has 0 saturated heterocycles. The highest BCUT2D eigenvalue weighted by molar-refractivity contribution is 5.52. The Balaban J connectivity index is 2.75. The maximum atomic E-state index is 9.68. The molecule has 0 aromatic heterocycles. The van der Waals surface area contributed by atoms with Crippen molar-refractivity contribution in [1.29, 1.82) is 0 Å². The van der Waals surface area contributed by atoms with Gasteiger partial charge in [-0.05, 0) is 53.0 Å². The first-order valence-electron chi connectivity index (χ1n) is 5.59. The third-order valence-corrected chi connectivity index (χ3v) is 3.61. The largest absolute Gasteiger partial charge is 0.508 e. The molecule has 82 valence electrons. The monoisotopic (exact) mass is 204 g/mol. The second-order valence-corrected chi connectivity index (χ2v) is 6.13. The summed E-state index contributed by atoms with van der Waals surface area (Å²) in [6.45, 7) is 11.2. The molecule has 1 aromatic carbocycles. The Labute approximate surface area is 92.1 Å². The fraction of sp³-hybridized carbons (Fsp3) is 0.571. The minimum Gasteiger partial charge on any atom is -0.508 e. The summed E-state index contributed by atoms with van der Waals surface area (Å²) in [6, 6.07) is 3.82. The number of rotatable bonds is 0. The van der Waals surface area contributed by atoms with Crippen molar-refractivity contribution in [1.82, 2.24) is 0 Å². The lowest BCUT2D eigenvalue weighted by molar-refractivity contribution is 0.402. The highest BCUT2D eigenvalue weighted by atomic mass is 16.3. The molecule has 0 bridgehead atoms. The zero-order valence-corrected chi connectivity index (χ0v) is 10.3. The highest BCUT2D eigenvalue weighted by Gasteiger charge is 2.42. The van der Waals surface area contributed by atoms with Gasteiger partial charge in [0.2, 0.25) is 0 Å². The lowest BCUT2D eigenvalue weighted by atomic mass is 9.81. The molecule has 0 spiro atoms. The zero-order valence-electron chi connectivity index (χ0n) is 10.3. The third kappa shape index (κ3) is 1.45. The van der Waals surface area contributed by atoms with Gasteiger partial charge in [-0.1, -0.05) is 27.7 Å². The summed E-state index contributed by atoms with van der Waals surface area (Å²) in [7, 11) is 0. The van der Waals surface area contributed by atoms with E-state index in [2.05, 4.69) is 34.6 Å². The Hall–Kier alpha value is -0.980. The van der Waals surface area contributed by atoms with Gasteiger partial charge < -0.3 is 5.11 Å². The number of aromatic hydroxyl groups is 1. The summed E-state index contributed by atoms with van der Waals surface area (Å²) in [5, 5.41) is 9.68. The van der Waals surface area contributed by atoms with Crippen molar-refractivity contribution in [2.24, 2.45) is 0 Å². The summed E-state index contributed by atoms with van der Waals surface area (Å²) >= 11 is 0. The molecule has 1 heteroatoms. The topological polar surface area (TPSA) is 20.2 Å². The van der Waals surface area contributed by atoms with Crippen molar-refractivity contribution in [3.63, 3.8) is 0 Å². The molecule has 1 aliphatic rings. The molecular formula is C14H20O. The minimum atomic E-state index is 0.183. The van der Waals surface area contributed by atoms with E-state index >= 15 is 0 Å². The lowest BCUT2D eigenvalue weighted by Gasteiger charge is -2.23. The second kappa shape index (κ2) is 2.78. The number of hydrogen-bond donors (Lipinski definition) is 1. The van der Waals surface area contributed by atoms with Gasteiger partial charge in [-0.3, -0.25) is 0 Å². The number of aryl methyl sites for hydroxylation is 1. The Morgan fingerprint density at radius 3 is 2.27 bits per heavy atom. The number of phenols is 1. The molecule has 1 aliphatic carbocycles. The van der Waals surface area contributed by atoms with E-state index < -0.39 is 0 Å². The molecule has 1 aromatic rings. The van der Waals surface area contributed by atoms with E-state index in [1.165, 1.54) is 16.7 Å².